The molecule has 41 heavy (non-hydrogen) atoms. The summed E-state index contributed by atoms with van der Waals surface area (Å²) in [6.45, 7) is 8.00. The Bertz CT molecular complexity index is 1140. The lowest BCUT2D eigenvalue weighted by Crippen LogP contribution is -2.52. The monoisotopic (exact) mass is 597 g/mol. The summed E-state index contributed by atoms with van der Waals surface area (Å²) in [6, 6.07) is 3.90. The average molecular weight is 598 g/mol. The van der Waals surface area contributed by atoms with Crippen LogP contribution in [0.4, 0.5) is 8.78 Å². The van der Waals surface area contributed by atoms with Crippen LogP contribution in [0.1, 0.15) is 50.5 Å². The minimum Gasteiger partial charge on any atom is -0.342 e. The van der Waals surface area contributed by atoms with Crippen molar-refractivity contribution in [2.75, 3.05) is 78.8 Å². The van der Waals surface area contributed by atoms with Gasteiger partial charge in [-0.1, -0.05) is 0 Å². The van der Waals surface area contributed by atoms with Gasteiger partial charge in [0.25, 0.3) is 0 Å². The molecule has 1 aromatic carbocycles. The van der Waals surface area contributed by atoms with E-state index in [1.54, 1.807) is 6.92 Å². The summed E-state index contributed by atoms with van der Waals surface area (Å²) in [5.74, 6) is -0.916. The molecule has 9 nitrogen and oxygen atoms in total. The van der Waals surface area contributed by atoms with Crippen molar-refractivity contribution in [3.05, 3.63) is 35.4 Å². The first-order chi connectivity index (χ1) is 19.4. The highest BCUT2D eigenvalue weighted by molar-refractivity contribution is 7.88. The van der Waals surface area contributed by atoms with Gasteiger partial charge in [0.15, 0.2) is 0 Å². The molecule has 0 aliphatic carbocycles. The molecule has 1 aromatic rings. The fourth-order valence-electron chi connectivity index (χ4n) is 6.65. The van der Waals surface area contributed by atoms with Gasteiger partial charge in [0.2, 0.25) is 21.8 Å². The zero-order valence-corrected chi connectivity index (χ0v) is 25.4. The van der Waals surface area contributed by atoms with Crippen LogP contribution in [-0.2, 0) is 19.6 Å². The smallest absolute Gasteiger partial charge is 0.236 e. The number of likely N-dealkylation sites (tertiary alicyclic amines) is 1. The molecule has 0 radical (unpaired) electrons. The predicted molar refractivity (Wildman–Crippen MR) is 154 cm³/mol. The highest BCUT2D eigenvalue weighted by Gasteiger charge is 2.33. The number of sulfonamides is 1. The van der Waals surface area contributed by atoms with E-state index in [9.17, 15) is 26.8 Å². The van der Waals surface area contributed by atoms with Crippen molar-refractivity contribution >= 4 is 21.8 Å². The molecular formula is C29H45F2N5O4S. The van der Waals surface area contributed by atoms with Gasteiger partial charge in [-0.05, 0) is 68.2 Å². The zero-order valence-electron chi connectivity index (χ0n) is 24.6. The van der Waals surface area contributed by atoms with Crippen LogP contribution < -0.4 is 0 Å². The number of benzene rings is 1. The topological polar surface area (TPSA) is 84.5 Å². The molecule has 0 N–H and O–H groups in total. The first-order valence-electron chi connectivity index (χ1n) is 14.8. The van der Waals surface area contributed by atoms with E-state index in [4.69, 9.17) is 0 Å². The van der Waals surface area contributed by atoms with Gasteiger partial charge in [0.05, 0.1) is 12.8 Å². The number of halogens is 2. The second kappa shape index (κ2) is 13.9. The fraction of sp³-hybridized carbons (Fsp3) is 0.724. The Kier molecular flexibility index (Phi) is 10.8. The third-order valence-corrected chi connectivity index (χ3v) is 10.6. The van der Waals surface area contributed by atoms with Gasteiger partial charge in [-0.15, -0.1) is 0 Å². The van der Waals surface area contributed by atoms with Gasteiger partial charge in [-0.3, -0.25) is 14.5 Å². The Morgan fingerprint density at radius 2 is 1.49 bits per heavy atom. The molecule has 2 amide bonds. The molecular weight excluding hydrogens is 552 g/mol. The van der Waals surface area contributed by atoms with Gasteiger partial charge >= 0.3 is 0 Å². The van der Waals surface area contributed by atoms with Crippen LogP contribution >= 0.6 is 0 Å². The van der Waals surface area contributed by atoms with Crippen LogP contribution in [-0.4, -0.2) is 129 Å². The van der Waals surface area contributed by atoms with E-state index < -0.39 is 21.7 Å². The lowest BCUT2D eigenvalue weighted by molar-refractivity contribution is -0.135. The van der Waals surface area contributed by atoms with E-state index in [0.29, 0.717) is 64.2 Å². The largest absolute Gasteiger partial charge is 0.342 e. The number of likely N-dealkylation sites (N-methyl/N-ethyl adjacent to an activating group) is 1. The van der Waals surface area contributed by atoms with Crippen LogP contribution in [0.2, 0.25) is 0 Å². The van der Waals surface area contributed by atoms with E-state index in [-0.39, 0.29) is 29.7 Å². The number of hydrogen-bond acceptors (Lipinski definition) is 6. The quantitative estimate of drug-likeness (QED) is 0.434. The van der Waals surface area contributed by atoms with Crippen LogP contribution in [0.5, 0.6) is 0 Å². The number of nitrogens with zero attached hydrogens (tertiary/aromatic N) is 5. The Morgan fingerprint density at radius 3 is 2.02 bits per heavy atom. The second-order valence-corrected chi connectivity index (χ2v) is 13.9. The van der Waals surface area contributed by atoms with Crippen molar-refractivity contribution in [2.24, 2.45) is 5.92 Å². The van der Waals surface area contributed by atoms with Crippen molar-refractivity contribution < 1.29 is 26.8 Å². The second-order valence-electron chi connectivity index (χ2n) is 12.0. The molecule has 0 saturated carbocycles. The lowest BCUT2D eigenvalue weighted by Gasteiger charge is -2.40. The maximum absolute atomic E-state index is 14.2. The summed E-state index contributed by atoms with van der Waals surface area (Å²) in [4.78, 5) is 32.7. The fourth-order valence-corrected chi connectivity index (χ4v) is 7.53. The van der Waals surface area contributed by atoms with E-state index in [2.05, 4.69) is 9.80 Å². The Balaban J connectivity index is 1.28. The Hall–Kier alpha value is -2.15. The molecule has 3 heterocycles. The third-order valence-electron chi connectivity index (χ3n) is 9.28. The highest BCUT2D eigenvalue weighted by Crippen LogP contribution is 2.37. The van der Waals surface area contributed by atoms with Gasteiger partial charge in [0, 0.05) is 78.4 Å². The van der Waals surface area contributed by atoms with E-state index in [1.165, 1.54) is 22.7 Å². The zero-order chi connectivity index (χ0) is 29.7. The molecule has 4 rings (SSSR count). The normalized spacial score (nSPS) is 21.6. The van der Waals surface area contributed by atoms with Gasteiger partial charge in [-0.2, -0.15) is 0 Å². The number of piperidine rings is 2. The molecule has 0 bridgehead atoms. The maximum atomic E-state index is 14.2. The molecule has 1 atom stereocenters. The summed E-state index contributed by atoms with van der Waals surface area (Å²) in [7, 11) is -1.37. The van der Waals surface area contributed by atoms with E-state index >= 15 is 0 Å². The number of carbonyl (C=O) groups excluding carboxylic acids is 2. The van der Waals surface area contributed by atoms with Crippen LogP contribution in [0.3, 0.4) is 0 Å². The van der Waals surface area contributed by atoms with Gasteiger partial charge < -0.3 is 14.7 Å². The maximum Gasteiger partial charge on any atom is 0.236 e. The molecule has 3 saturated heterocycles. The number of amides is 2. The summed E-state index contributed by atoms with van der Waals surface area (Å²) in [5.41, 5.74) is 0.643. The summed E-state index contributed by atoms with van der Waals surface area (Å²) < 4.78 is 53.8. The van der Waals surface area contributed by atoms with Crippen molar-refractivity contribution in [1.29, 1.82) is 0 Å². The summed E-state index contributed by atoms with van der Waals surface area (Å²) in [5, 5.41) is 0. The number of piperazine rings is 1. The third kappa shape index (κ3) is 8.68. The van der Waals surface area contributed by atoms with Crippen LogP contribution in [0.15, 0.2) is 18.2 Å². The van der Waals surface area contributed by atoms with E-state index in [0.717, 1.165) is 45.0 Å². The molecule has 0 unspecified atom stereocenters. The summed E-state index contributed by atoms with van der Waals surface area (Å²) in [6.07, 6.45) is 5.01. The van der Waals surface area contributed by atoms with Gasteiger partial charge in [-0.25, -0.2) is 21.5 Å². The number of rotatable bonds is 9. The molecule has 3 aliphatic rings. The predicted octanol–water partition coefficient (Wildman–Crippen LogP) is 2.20. The molecule has 0 spiro atoms. The molecule has 230 valence electrons. The number of carbonyl (C=O) groups is 2. The molecule has 3 fully saturated rings. The highest BCUT2D eigenvalue weighted by atomic mass is 32.2. The number of hydrogen-bond donors (Lipinski definition) is 0. The first kappa shape index (κ1) is 31.8. The lowest BCUT2D eigenvalue weighted by atomic mass is 9.78. The molecule has 3 aliphatic heterocycles. The van der Waals surface area contributed by atoms with Crippen LogP contribution in [0.25, 0.3) is 0 Å². The van der Waals surface area contributed by atoms with Gasteiger partial charge in [0.1, 0.15) is 11.6 Å². The van der Waals surface area contributed by atoms with Crippen molar-refractivity contribution in [3.8, 4) is 0 Å². The minimum absolute atomic E-state index is 0.0626. The average Bonchev–Trinajstić information content (AvgIpc) is 2.92. The molecule has 12 heteroatoms. The summed E-state index contributed by atoms with van der Waals surface area (Å²) >= 11 is 0. The Labute approximate surface area is 243 Å². The van der Waals surface area contributed by atoms with Crippen LogP contribution in [0, 0.1) is 17.6 Å². The SMILES string of the molecule is CC(=O)N1CCN(CC(=O)N(C)C2CCN(CC[C@@H](c3cc(F)cc(F)c3)C3CCN(S(C)(=O)=O)CC3)CC2)CC1. The van der Waals surface area contributed by atoms with Crippen molar-refractivity contribution in [1.82, 2.24) is 23.9 Å². The standard InChI is InChI=1S/C29H45F2N5O4S/c1-22(37)35-16-14-34(15-17-35)21-29(38)32(2)27-6-9-33(10-7-27)11-8-28(24-18-25(30)20-26(31)19-24)23-4-12-36(13-5-23)41(3,39)40/h18-20,23,27-28H,4-17,21H2,1-3H3/t28-/m1/s1. The molecule has 0 aromatic heterocycles. The minimum atomic E-state index is -3.25. The van der Waals surface area contributed by atoms with Crippen molar-refractivity contribution in [3.63, 3.8) is 0 Å². The van der Waals surface area contributed by atoms with Crippen molar-refractivity contribution in [2.45, 2.75) is 51.0 Å². The Morgan fingerprint density at radius 1 is 0.902 bits per heavy atom. The first-order valence-corrected chi connectivity index (χ1v) is 16.6. The van der Waals surface area contributed by atoms with E-state index in [1.807, 2.05) is 16.8 Å².